The van der Waals surface area contributed by atoms with E-state index in [4.69, 9.17) is 4.98 Å². The Balaban J connectivity index is 1.49. The lowest BCUT2D eigenvalue weighted by Crippen LogP contribution is -2.21. The summed E-state index contributed by atoms with van der Waals surface area (Å²) in [5, 5.41) is 10.8. The van der Waals surface area contributed by atoms with E-state index in [1.54, 1.807) is 11.3 Å². The second-order valence-electron chi connectivity index (χ2n) is 7.34. The molecule has 0 spiro atoms. The zero-order valence-electron chi connectivity index (χ0n) is 17.9. The number of rotatable bonds is 7. The van der Waals surface area contributed by atoms with Gasteiger partial charge in [-0.15, -0.1) is 11.3 Å². The van der Waals surface area contributed by atoms with Gasteiger partial charge in [0.2, 0.25) is 0 Å². The lowest BCUT2D eigenvalue weighted by Gasteiger charge is -2.22. The largest absolute Gasteiger partial charge is 0.372 e. The van der Waals surface area contributed by atoms with Crippen LogP contribution in [-0.2, 0) is 0 Å². The van der Waals surface area contributed by atoms with Crippen LogP contribution in [0, 0.1) is 13.8 Å². The van der Waals surface area contributed by atoms with Crippen molar-refractivity contribution in [1.29, 1.82) is 0 Å². The van der Waals surface area contributed by atoms with Crippen molar-refractivity contribution < 1.29 is 0 Å². The lowest BCUT2D eigenvalue weighted by atomic mass is 10.1. The van der Waals surface area contributed by atoms with Gasteiger partial charge >= 0.3 is 0 Å². The van der Waals surface area contributed by atoms with Crippen LogP contribution < -0.4 is 10.2 Å². The number of nitrogens with zero attached hydrogens (tertiary/aromatic N) is 4. The van der Waals surface area contributed by atoms with Gasteiger partial charge in [0, 0.05) is 41.6 Å². The maximum absolute atomic E-state index is 4.79. The van der Waals surface area contributed by atoms with Crippen LogP contribution in [0.2, 0.25) is 0 Å². The molecule has 0 radical (unpaired) electrons. The van der Waals surface area contributed by atoms with Crippen molar-refractivity contribution >= 4 is 27.8 Å². The second kappa shape index (κ2) is 8.71. The molecule has 0 amide bonds. The van der Waals surface area contributed by atoms with E-state index in [1.807, 2.05) is 24.0 Å². The van der Waals surface area contributed by atoms with E-state index >= 15 is 0 Å². The summed E-state index contributed by atoms with van der Waals surface area (Å²) in [4.78, 5) is 7.14. The second-order valence-corrected chi connectivity index (χ2v) is 8.20. The molecule has 0 fully saturated rings. The Morgan fingerprint density at radius 3 is 2.43 bits per heavy atom. The molecule has 30 heavy (non-hydrogen) atoms. The molecule has 0 saturated carbocycles. The molecule has 0 aliphatic carbocycles. The number of aryl methyl sites for hydroxylation is 2. The summed E-state index contributed by atoms with van der Waals surface area (Å²) >= 11 is 1.62. The fourth-order valence-corrected chi connectivity index (χ4v) is 4.22. The van der Waals surface area contributed by atoms with Gasteiger partial charge < -0.3 is 10.2 Å². The van der Waals surface area contributed by atoms with E-state index in [0.29, 0.717) is 0 Å². The molecule has 2 heterocycles. The molecule has 6 heteroatoms. The maximum Gasteiger partial charge on any atom is 0.187 e. The normalized spacial score (nSPS) is 10.9. The Morgan fingerprint density at radius 2 is 1.80 bits per heavy atom. The van der Waals surface area contributed by atoms with Crippen molar-refractivity contribution in [2.45, 2.75) is 27.7 Å². The van der Waals surface area contributed by atoms with E-state index in [0.717, 1.165) is 46.4 Å². The van der Waals surface area contributed by atoms with Crippen molar-refractivity contribution in [1.82, 2.24) is 14.8 Å². The zero-order valence-corrected chi connectivity index (χ0v) is 18.7. The monoisotopic (exact) mass is 417 g/mol. The first-order chi connectivity index (χ1) is 14.6. The molecule has 154 valence electrons. The third-order valence-electron chi connectivity index (χ3n) is 5.22. The van der Waals surface area contributed by atoms with Crippen LogP contribution in [0.3, 0.4) is 0 Å². The van der Waals surface area contributed by atoms with Gasteiger partial charge in [-0.2, -0.15) is 5.10 Å². The zero-order chi connectivity index (χ0) is 21.1. The quantitative estimate of drug-likeness (QED) is 0.389. The number of thiazole rings is 1. The molecule has 0 saturated heterocycles. The maximum atomic E-state index is 4.79. The average Bonchev–Trinajstić information content (AvgIpc) is 3.40. The molecular formula is C24H27N5S. The molecule has 0 aliphatic heterocycles. The van der Waals surface area contributed by atoms with Crippen LogP contribution in [0.4, 0.5) is 16.5 Å². The van der Waals surface area contributed by atoms with Crippen LogP contribution in [-0.4, -0.2) is 27.9 Å². The highest BCUT2D eigenvalue weighted by Gasteiger charge is 2.09. The molecule has 0 aliphatic rings. The van der Waals surface area contributed by atoms with Gasteiger partial charge in [0.05, 0.1) is 17.6 Å². The van der Waals surface area contributed by atoms with Gasteiger partial charge in [0.25, 0.3) is 0 Å². The number of aromatic nitrogens is 3. The Hall–Kier alpha value is -3.12. The summed E-state index contributed by atoms with van der Waals surface area (Å²) in [5.41, 5.74) is 7.84. The van der Waals surface area contributed by atoms with Gasteiger partial charge in [0.15, 0.2) is 5.13 Å². The summed E-state index contributed by atoms with van der Waals surface area (Å²) in [6.07, 6.45) is 3.89. The van der Waals surface area contributed by atoms with Crippen LogP contribution in [0.1, 0.15) is 25.0 Å². The molecule has 0 unspecified atom stereocenters. The topological polar surface area (TPSA) is 46.0 Å². The van der Waals surface area contributed by atoms with Crippen LogP contribution in [0.15, 0.2) is 60.2 Å². The molecule has 0 atom stereocenters. The third-order valence-corrected chi connectivity index (χ3v) is 5.98. The van der Waals surface area contributed by atoms with Gasteiger partial charge in [0.1, 0.15) is 0 Å². The minimum absolute atomic E-state index is 0.899. The molecule has 2 aromatic carbocycles. The van der Waals surface area contributed by atoms with Gasteiger partial charge in [-0.05, 0) is 69.2 Å². The highest BCUT2D eigenvalue weighted by atomic mass is 32.1. The molecule has 0 bridgehead atoms. The highest BCUT2D eigenvalue weighted by molar-refractivity contribution is 7.14. The fraction of sp³-hybridized carbons (Fsp3) is 0.250. The molecule has 1 N–H and O–H groups in total. The van der Waals surface area contributed by atoms with Crippen LogP contribution >= 0.6 is 11.3 Å². The fourth-order valence-electron chi connectivity index (χ4n) is 3.49. The standard InChI is InChI=1S/C24H27N5S/c1-5-28(6-2)21-11-12-22(18(4)13-21)26-24-27-23(16-30-24)19-7-9-20(10-8-19)29-15-17(3)14-25-29/h7-16H,5-6H2,1-4H3,(H,26,27). The molecule has 5 nitrogen and oxygen atoms in total. The smallest absolute Gasteiger partial charge is 0.187 e. The first-order valence-electron chi connectivity index (χ1n) is 10.3. The molecule has 4 aromatic rings. The number of anilines is 3. The van der Waals surface area contributed by atoms with Crippen LogP contribution in [0.25, 0.3) is 16.9 Å². The minimum atomic E-state index is 0.899. The molecule has 2 aromatic heterocycles. The van der Waals surface area contributed by atoms with Crippen molar-refractivity contribution in [2.75, 3.05) is 23.3 Å². The van der Waals surface area contributed by atoms with E-state index in [1.165, 1.54) is 11.3 Å². The summed E-state index contributed by atoms with van der Waals surface area (Å²) in [5.74, 6) is 0. The van der Waals surface area contributed by atoms with Crippen molar-refractivity contribution in [3.63, 3.8) is 0 Å². The van der Waals surface area contributed by atoms with E-state index in [-0.39, 0.29) is 0 Å². The van der Waals surface area contributed by atoms with E-state index in [2.05, 4.69) is 83.9 Å². The molecule has 4 rings (SSSR count). The van der Waals surface area contributed by atoms with E-state index in [9.17, 15) is 0 Å². The predicted molar refractivity (Wildman–Crippen MR) is 127 cm³/mol. The summed E-state index contributed by atoms with van der Waals surface area (Å²) in [7, 11) is 0. The minimum Gasteiger partial charge on any atom is -0.372 e. The average molecular weight is 418 g/mol. The number of hydrogen-bond acceptors (Lipinski definition) is 5. The highest BCUT2D eigenvalue weighted by Crippen LogP contribution is 2.30. The Bertz CT molecular complexity index is 1120. The molecular weight excluding hydrogens is 390 g/mol. The van der Waals surface area contributed by atoms with Crippen molar-refractivity contribution in [3.05, 3.63) is 71.4 Å². The Morgan fingerprint density at radius 1 is 1.03 bits per heavy atom. The number of benzene rings is 2. The number of nitrogens with one attached hydrogen (secondary N) is 1. The van der Waals surface area contributed by atoms with E-state index < -0.39 is 0 Å². The lowest BCUT2D eigenvalue weighted by molar-refractivity contribution is 0.866. The third kappa shape index (κ3) is 4.24. The summed E-state index contributed by atoms with van der Waals surface area (Å²) in [6.45, 7) is 10.6. The van der Waals surface area contributed by atoms with Crippen LogP contribution in [0.5, 0.6) is 0 Å². The van der Waals surface area contributed by atoms with Gasteiger partial charge in [-0.1, -0.05) is 12.1 Å². The summed E-state index contributed by atoms with van der Waals surface area (Å²) < 4.78 is 1.89. The summed E-state index contributed by atoms with van der Waals surface area (Å²) in [6, 6.07) is 14.9. The first-order valence-corrected chi connectivity index (χ1v) is 11.2. The Kier molecular flexibility index (Phi) is 5.86. The predicted octanol–water partition coefficient (Wildman–Crippen LogP) is 6.20. The Labute approximate surface area is 182 Å². The van der Waals surface area contributed by atoms with Crippen molar-refractivity contribution in [3.8, 4) is 16.9 Å². The number of hydrogen-bond donors (Lipinski definition) is 1. The SMILES string of the molecule is CCN(CC)c1ccc(Nc2nc(-c3ccc(-n4cc(C)cn4)cc3)cs2)c(C)c1. The van der Waals surface area contributed by atoms with Gasteiger partial charge in [-0.3, -0.25) is 0 Å². The first kappa shape index (κ1) is 20.2. The van der Waals surface area contributed by atoms with Gasteiger partial charge in [-0.25, -0.2) is 9.67 Å². The van der Waals surface area contributed by atoms with Crippen molar-refractivity contribution in [2.24, 2.45) is 0 Å².